The van der Waals surface area contributed by atoms with Gasteiger partial charge in [0, 0.05) is 30.1 Å². The van der Waals surface area contributed by atoms with Crippen LogP contribution in [0.5, 0.6) is 0 Å². The van der Waals surface area contributed by atoms with E-state index in [1.165, 1.54) is 51.4 Å². The van der Waals surface area contributed by atoms with E-state index in [0.717, 1.165) is 10.6 Å². The summed E-state index contributed by atoms with van der Waals surface area (Å²) >= 11 is 0. The normalized spacial score (nSPS) is 34.8. The van der Waals surface area contributed by atoms with Gasteiger partial charge in [-0.25, -0.2) is 0 Å². The van der Waals surface area contributed by atoms with Crippen molar-refractivity contribution in [1.82, 2.24) is 0 Å². The summed E-state index contributed by atoms with van der Waals surface area (Å²) in [6.07, 6.45) is 19.1. The molecule has 2 nitrogen and oxygen atoms in total. The van der Waals surface area contributed by atoms with E-state index in [2.05, 4.69) is 52.0 Å². The van der Waals surface area contributed by atoms with E-state index in [1.807, 2.05) is 0 Å². The molecule has 2 fully saturated rings. The number of ketones is 2. The van der Waals surface area contributed by atoms with E-state index >= 15 is 0 Å². The Hall–Kier alpha value is 0.0434. The summed E-state index contributed by atoms with van der Waals surface area (Å²) in [5, 5.41) is 2.11. The van der Waals surface area contributed by atoms with Crippen LogP contribution >= 0.6 is 15.8 Å². The van der Waals surface area contributed by atoms with Gasteiger partial charge in [0.1, 0.15) is 0 Å². The molecule has 30 heavy (non-hydrogen) atoms. The van der Waals surface area contributed by atoms with Gasteiger partial charge in [-0.1, -0.05) is 67.8 Å². The van der Waals surface area contributed by atoms with Crippen LogP contribution in [-0.2, 0) is 29.1 Å². The van der Waals surface area contributed by atoms with Crippen LogP contribution in [0.25, 0.3) is 0 Å². The molecule has 0 amide bonds. The van der Waals surface area contributed by atoms with E-state index < -0.39 is 15.8 Å². The molecule has 5 heteroatoms. The molecule has 0 saturated carbocycles. The molecule has 2 saturated heterocycles. The first kappa shape index (κ1) is 26.3. The summed E-state index contributed by atoms with van der Waals surface area (Å²) in [7, 11) is -0.805. The molecule has 4 rings (SSSR count). The molecule has 0 spiro atoms. The van der Waals surface area contributed by atoms with Crippen molar-refractivity contribution in [3.05, 3.63) is 34.9 Å². The molecule has 0 bridgehead atoms. The predicted molar refractivity (Wildman–Crippen MR) is 129 cm³/mol. The maximum Gasteiger partial charge on any atom is 0.171 e. The summed E-state index contributed by atoms with van der Waals surface area (Å²) < 4.78 is 0. The molecule has 0 unspecified atom stereocenters. The molecule has 0 aromatic carbocycles. The number of allylic oxidation sites excluding steroid dienone is 6. The quantitative estimate of drug-likeness (QED) is 0.159. The second kappa shape index (κ2) is 12.3. The minimum atomic E-state index is -0.403. The maximum absolute atomic E-state index is 12.6. The second-order valence-electron chi connectivity index (χ2n) is 9.18. The summed E-state index contributed by atoms with van der Waals surface area (Å²) in [6, 6.07) is 0. The Bertz CT molecular complexity index is 622. The van der Waals surface area contributed by atoms with E-state index in [4.69, 9.17) is 0 Å². The average molecular weight is 535 g/mol. The van der Waals surface area contributed by atoms with Crippen LogP contribution in [-0.4, -0.2) is 34.2 Å². The first-order chi connectivity index (χ1) is 13.9. The van der Waals surface area contributed by atoms with Gasteiger partial charge in [-0.05, 0) is 74.0 Å². The molecule has 0 N–H and O–H groups in total. The summed E-state index contributed by atoms with van der Waals surface area (Å²) in [6.45, 7) is 9.19. The topological polar surface area (TPSA) is 34.1 Å². The van der Waals surface area contributed by atoms with Crippen LogP contribution in [0.15, 0.2) is 34.9 Å². The molecular weight excluding hydrogens is 497 g/mol. The number of carbonyl (C=O) groups excluding carboxylic acids is 2. The zero-order valence-electron chi connectivity index (χ0n) is 19.0. The van der Waals surface area contributed by atoms with Crippen LogP contribution in [0.3, 0.4) is 0 Å². The van der Waals surface area contributed by atoms with Gasteiger partial charge in [0.2, 0.25) is 0 Å². The van der Waals surface area contributed by atoms with Gasteiger partial charge in [-0.3, -0.25) is 9.59 Å². The minimum Gasteiger partial charge on any atom is -0.294 e. The Morgan fingerprint density at radius 1 is 0.600 bits per heavy atom. The van der Waals surface area contributed by atoms with Gasteiger partial charge in [-0.2, -0.15) is 0 Å². The fourth-order valence-electron chi connectivity index (χ4n) is 5.24. The van der Waals surface area contributed by atoms with Crippen molar-refractivity contribution in [3.8, 4) is 0 Å². The Balaban J connectivity index is 0.000000302. The smallest absolute Gasteiger partial charge is 0.171 e. The van der Waals surface area contributed by atoms with Gasteiger partial charge in [0.05, 0.1) is 6.42 Å². The van der Waals surface area contributed by atoms with Crippen molar-refractivity contribution < 1.29 is 29.1 Å². The molecule has 169 valence electrons. The van der Waals surface area contributed by atoms with Crippen LogP contribution in [0, 0.1) is 0 Å². The number of Topliss-reactive ketones (excluding diaryl/α,β-unsaturated/α-hetero) is 2. The van der Waals surface area contributed by atoms with Crippen LogP contribution in [0.1, 0.15) is 85.5 Å². The molecule has 2 aliphatic carbocycles. The van der Waals surface area contributed by atoms with Gasteiger partial charge < -0.3 is 0 Å². The molecule has 0 aromatic rings. The van der Waals surface area contributed by atoms with E-state index in [0.29, 0.717) is 22.6 Å². The third-order valence-electron chi connectivity index (χ3n) is 6.83. The van der Waals surface area contributed by atoms with Gasteiger partial charge in [-0.15, -0.1) is 0 Å². The summed E-state index contributed by atoms with van der Waals surface area (Å²) in [5.41, 5.74) is 2.49. The summed E-state index contributed by atoms with van der Waals surface area (Å²) in [4.78, 5) is 25.2. The Labute approximate surface area is 199 Å². The van der Waals surface area contributed by atoms with Gasteiger partial charge >= 0.3 is 0 Å². The molecule has 2 aliphatic heterocycles. The Morgan fingerprint density at radius 2 is 0.867 bits per heavy atom. The van der Waals surface area contributed by atoms with E-state index in [-0.39, 0.29) is 37.5 Å². The van der Waals surface area contributed by atoms with E-state index in [1.54, 1.807) is 0 Å². The van der Waals surface area contributed by atoms with Crippen molar-refractivity contribution in [1.29, 1.82) is 0 Å². The second-order valence-corrected chi connectivity index (χ2v) is 15.2. The van der Waals surface area contributed by atoms with Crippen molar-refractivity contribution in [2.75, 3.05) is 0 Å². The molecule has 4 atom stereocenters. The van der Waals surface area contributed by atoms with Crippen molar-refractivity contribution >= 4 is 27.4 Å². The molecule has 2 heterocycles. The Kier molecular flexibility index (Phi) is 10.8. The first-order valence-corrected chi connectivity index (χ1v) is 14.5. The zero-order valence-corrected chi connectivity index (χ0v) is 22.5. The van der Waals surface area contributed by atoms with Gasteiger partial charge in [0.25, 0.3) is 0 Å². The fraction of sp³-hybridized carbons (Fsp3) is 0.680. The SMILES string of the molecule is C1=C\CC/C=C\CC/1.C[C@@H]1CC[C@@H](C)P1C1=C(P2[C@H](C)CC[C@H]2C)C(=O)CC1=O.[Rh]. The summed E-state index contributed by atoms with van der Waals surface area (Å²) in [5.74, 6) is 0.381. The minimum absolute atomic E-state index is 0. The van der Waals surface area contributed by atoms with Crippen LogP contribution in [0.4, 0.5) is 0 Å². The third-order valence-corrected chi connectivity index (χ3v) is 13.8. The molecular formula is C25H38O2P2Rh. The number of rotatable bonds is 2. The largest absolute Gasteiger partial charge is 0.294 e. The van der Waals surface area contributed by atoms with E-state index in [9.17, 15) is 9.59 Å². The monoisotopic (exact) mass is 535 g/mol. The fourth-order valence-corrected chi connectivity index (χ4v) is 12.6. The molecule has 0 aromatic heterocycles. The standard InChI is InChI=1S/C17H26O2P2.C8H12.Rh/c1-10-5-6-11(2)20(10)16-14(18)9-15(19)17(16)21-12(3)7-8-13(21)4;1-2-4-6-8-7-5-3-1;/h10-13H,5-9H2,1-4H3;1-2,7-8H,3-6H2;/b;2-1-,8-7-;/t10-,11-,12-,13-;;/m1../s1. The van der Waals surface area contributed by atoms with Gasteiger partial charge in [0.15, 0.2) is 11.6 Å². The predicted octanol–water partition coefficient (Wildman–Crippen LogP) is 7.52. The van der Waals surface area contributed by atoms with Crippen molar-refractivity contribution in [2.45, 2.75) is 108 Å². The number of hydrogen-bond acceptors (Lipinski definition) is 2. The Morgan fingerprint density at radius 3 is 1.13 bits per heavy atom. The maximum atomic E-state index is 12.6. The zero-order chi connectivity index (χ0) is 21.0. The van der Waals surface area contributed by atoms with Crippen LogP contribution in [0.2, 0.25) is 0 Å². The first-order valence-electron chi connectivity index (χ1n) is 11.6. The van der Waals surface area contributed by atoms with Crippen molar-refractivity contribution in [3.63, 3.8) is 0 Å². The molecule has 1 radical (unpaired) electrons. The average Bonchev–Trinajstić information content (AvgIpc) is 3.23. The third kappa shape index (κ3) is 6.09. The number of hydrogen-bond donors (Lipinski definition) is 0. The number of carbonyl (C=O) groups is 2. The van der Waals surface area contributed by atoms with Crippen LogP contribution < -0.4 is 0 Å². The molecule has 4 aliphatic rings. The van der Waals surface area contributed by atoms with Crippen molar-refractivity contribution in [2.24, 2.45) is 0 Å².